The van der Waals surface area contributed by atoms with Gasteiger partial charge in [-0.2, -0.15) is 4.57 Å². The third-order valence-corrected chi connectivity index (χ3v) is 4.02. The van der Waals surface area contributed by atoms with Crippen LogP contribution in [-0.4, -0.2) is 5.78 Å². The SMILES string of the molecule is Br.Cc1ccc[n+](CC(=O)c2cccc3ccccc23)c1C. The fraction of sp³-hybridized carbons (Fsp3) is 0.158. The van der Waals surface area contributed by atoms with Gasteiger partial charge in [-0.25, -0.2) is 0 Å². The molecule has 0 aliphatic heterocycles. The van der Waals surface area contributed by atoms with Gasteiger partial charge in [-0.05, 0) is 23.8 Å². The number of pyridine rings is 1. The topological polar surface area (TPSA) is 20.9 Å². The van der Waals surface area contributed by atoms with Crippen molar-refractivity contribution in [2.75, 3.05) is 0 Å². The number of rotatable bonds is 3. The Bertz CT molecular complexity index is 821. The molecule has 0 N–H and O–H groups in total. The molecule has 3 heteroatoms. The van der Waals surface area contributed by atoms with E-state index in [4.69, 9.17) is 0 Å². The number of aryl methyl sites for hydroxylation is 1. The molecule has 0 aliphatic rings. The van der Waals surface area contributed by atoms with Crippen molar-refractivity contribution >= 4 is 33.5 Å². The zero-order valence-corrected chi connectivity index (χ0v) is 14.5. The first-order valence-electron chi connectivity index (χ1n) is 7.13. The van der Waals surface area contributed by atoms with Gasteiger partial charge in [0.1, 0.15) is 0 Å². The highest BCUT2D eigenvalue weighted by molar-refractivity contribution is 8.93. The number of aromatic nitrogens is 1. The first-order valence-corrected chi connectivity index (χ1v) is 7.13. The number of halogens is 1. The molecular weight excluding hydrogens is 338 g/mol. The molecule has 1 aromatic heterocycles. The Morgan fingerprint density at radius 2 is 1.68 bits per heavy atom. The molecule has 22 heavy (non-hydrogen) atoms. The Morgan fingerprint density at radius 1 is 0.955 bits per heavy atom. The minimum Gasteiger partial charge on any atom is -0.287 e. The number of ketones is 1. The van der Waals surface area contributed by atoms with Gasteiger partial charge in [0, 0.05) is 24.1 Å². The van der Waals surface area contributed by atoms with E-state index in [-0.39, 0.29) is 22.8 Å². The summed E-state index contributed by atoms with van der Waals surface area (Å²) in [4.78, 5) is 12.7. The predicted molar refractivity (Wildman–Crippen MR) is 94.7 cm³/mol. The number of benzene rings is 2. The molecule has 0 radical (unpaired) electrons. The molecule has 2 aromatic carbocycles. The van der Waals surface area contributed by atoms with E-state index in [2.05, 4.69) is 13.0 Å². The van der Waals surface area contributed by atoms with Crippen molar-refractivity contribution in [3.8, 4) is 0 Å². The number of Topliss-reactive ketones (excluding diaryl/α,β-unsaturated/α-hetero) is 1. The van der Waals surface area contributed by atoms with Crippen LogP contribution in [-0.2, 0) is 6.54 Å². The summed E-state index contributed by atoms with van der Waals surface area (Å²) in [5.74, 6) is 0.144. The molecule has 0 atom stereocenters. The van der Waals surface area contributed by atoms with E-state index in [0.717, 1.165) is 22.0 Å². The number of hydrogen-bond donors (Lipinski definition) is 0. The third-order valence-electron chi connectivity index (χ3n) is 4.02. The summed E-state index contributed by atoms with van der Waals surface area (Å²) in [5.41, 5.74) is 3.12. The first kappa shape index (κ1) is 16.4. The lowest BCUT2D eigenvalue weighted by atomic mass is 10.0. The number of carbonyl (C=O) groups is 1. The summed E-state index contributed by atoms with van der Waals surface area (Å²) in [6.07, 6.45) is 1.96. The van der Waals surface area contributed by atoms with E-state index in [1.165, 1.54) is 5.56 Å². The predicted octanol–water partition coefficient (Wildman–Crippen LogP) is 4.20. The first-order chi connectivity index (χ1) is 10.2. The van der Waals surface area contributed by atoms with Crippen molar-refractivity contribution in [2.45, 2.75) is 20.4 Å². The van der Waals surface area contributed by atoms with Crippen LogP contribution in [0.25, 0.3) is 10.8 Å². The van der Waals surface area contributed by atoms with E-state index < -0.39 is 0 Å². The van der Waals surface area contributed by atoms with E-state index in [0.29, 0.717) is 6.54 Å². The molecule has 1 heterocycles. The van der Waals surface area contributed by atoms with Gasteiger partial charge in [-0.15, -0.1) is 17.0 Å². The molecule has 0 bridgehead atoms. The maximum absolute atomic E-state index is 12.7. The van der Waals surface area contributed by atoms with Crippen LogP contribution in [0.3, 0.4) is 0 Å². The fourth-order valence-corrected chi connectivity index (χ4v) is 2.63. The average Bonchev–Trinajstić information content (AvgIpc) is 2.51. The third kappa shape index (κ3) is 3.09. The Morgan fingerprint density at radius 3 is 2.50 bits per heavy atom. The Labute approximate surface area is 141 Å². The zero-order chi connectivity index (χ0) is 14.8. The maximum Gasteiger partial charge on any atom is 0.228 e. The number of hydrogen-bond acceptors (Lipinski definition) is 1. The molecular formula is C19H19BrNO+. The molecule has 0 saturated heterocycles. The van der Waals surface area contributed by atoms with E-state index >= 15 is 0 Å². The van der Waals surface area contributed by atoms with E-state index in [1.54, 1.807) is 0 Å². The van der Waals surface area contributed by atoms with Gasteiger partial charge < -0.3 is 0 Å². The minimum atomic E-state index is 0. The summed E-state index contributed by atoms with van der Waals surface area (Å²) < 4.78 is 2.01. The van der Waals surface area contributed by atoms with Gasteiger partial charge in [-0.3, -0.25) is 4.79 Å². The van der Waals surface area contributed by atoms with E-state index in [9.17, 15) is 4.79 Å². The molecule has 0 spiro atoms. The van der Waals surface area contributed by atoms with Crippen molar-refractivity contribution in [1.29, 1.82) is 0 Å². The Hall–Kier alpha value is -2.00. The van der Waals surface area contributed by atoms with Crippen molar-refractivity contribution in [3.05, 3.63) is 77.6 Å². The molecule has 0 saturated carbocycles. The second-order valence-corrected chi connectivity index (χ2v) is 5.35. The molecule has 3 aromatic rings. The van der Waals surface area contributed by atoms with Crippen LogP contribution in [0.2, 0.25) is 0 Å². The van der Waals surface area contributed by atoms with Crippen LogP contribution in [0.4, 0.5) is 0 Å². The average molecular weight is 357 g/mol. The Balaban J connectivity index is 0.00000176. The van der Waals surface area contributed by atoms with E-state index in [1.807, 2.05) is 66.2 Å². The zero-order valence-electron chi connectivity index (χ0n) is 12.7. The van der Waals surface area contributed by atoms with Crippen LogP contribution in [0.15, 0.2) is 60.8 Å². The highest BCUT2D eigenvalue weighted by Gasteiger charge is 2.17. The molecule has 0 fully saturated rings. The minimum absolute atomic E-state index is 0. The van der Waals surface area contributed by atoms with Gasteiger partial charge in [-0.1, -0.05) is 42.5 Å². The lowest BCUT2D eigenvalue weighted by Gasteiger charge is -2.05. The van der Waals surface area contributed by atoms with Crippen LogP contribution >= 0.6 is 17.0 Å². The van der Waals surface area contributed by atoms with Crippen molar-refractivity contribution < 1.29 is 9.36 Å². The maximum atomic E-state index is 12.7. The van der Waals surface area contributed by atoms with Crippen LogP contribution in [0.1, 0.15) is 21.6 Å². The highest BCUT2D eigenvalue weighted by atomic mass is 79.9. The quantitative estimate of drug-likeness (QED) is 0.508. The van der Waals surface area contributed by atoms with Crippen molar-refractivity contribution in [2.24, 2.45) is 0 Å². The second kappa shape index (κ2) is 6.84. The number of fused-ring (bicyclic) bond motifs is 1. The highest BCUT2D eigenvalue weighted by Crippen LogP contribution is 2.19. The molecule has 0 unspecified atom stereocenters. The monoisotopic (exact) mass is 356 g/mol. The fourth-order valence-electron chi connectivity index (χ4n) is 2.63. The van der Waals surface area contributed by atoms with Crippen LogP contribution in [0.5, 0.6) is 0 Å². The molecule has 0 amide bonds. The second-order valence-electron chi connectivity index (χ2n) is 5.35. The normalized spacial score (nSPS) is 10.3. The molecule has 3 rings (SSSR count). The van der Waals surface area contributed by atoms with Gasteiger partial charge in [0.05, 0.1) is 0 Å². The standard InChI is InChI=1S/C19H18NO.BrH/c1-14-7-6-12-20(15(14)2)13-19(21)18-11-5-9-16-8-3-4-10-17(16)18;/h3-12H,13H2,1-2H3;1H/q+1;. The smallest absolute Gasteiger partial charge is 0.228 e. The summed E-state index contributed by atoms with van der Waals surface area (Å²) in [6, 6.07) is 18.0. The van der Waals surface area contributed by atoms with Crippen LogP contribution < -0.4 is 4.57 Å². The lowest BCUT2D eigenvalue weighted by Crippen LogP contribution is -2.41. The van der Waals surface area contributed by atoms with Gasteiger partial charge >= 0.3 is 0 Å². The van der Waals surface area contributed by atoms with Gasteiger partial charge in [0.2, 0.25) is 12.3 Å². The number of carbonyl (C=O) groups excluding carboxylic acids is 1. The van der Waals surface area contributed by atoms with Gasteiger partial charge in [0.25, 0.3) is 0 Å². The summed E-state index contributed by atoms with van der Waals surface area (Å²) in [6.45, 7) is 4.49. The molecule has 2 nitrogen and oxygen atoms in total. The summed E-state index contributed by atoms with van der Waals surface area (Å²) in [7, 11) is 0. The summed E-state index contributed by atoms with van der Waals surface area (Å²) >= 11 is 0. The largest absolute Gasteiger partial charge is 0.287 e. The summed E-state index contributed by atoms with van der Waals surface area (Å²) in [5, 5.41) is 2.13. The van der Waals surface area contributed by atoms with Crippen molar-refractivity contribution in [3.63, 3.8) is 0 Å². The molecule has 0 aliphatic carbocycles. The van der Waals surface area contributed by atoms with Gasteiger partial charge in [0.15, 0.2) is 11.9 Å². The lowest BCUT2D eigenvalue weighted by molar-refractivity contribution is -0.689. The van der Waals surface area contributed by atoms with Crippen molar-refractivity contribution in [1.82, 2.24) is 0 Å². The molecule has 112 valence electrons. The van der Waals surface area contributed by atoms with Crippen LogP contribution in [0, 0.1) is 13.8 Å². The number of nitrogens with zero attached hydrogens (tertiary/aromatic N) is 1. The Kier molecular flexibility index (Phi) is 5.09.